The van der Waals surface area contributed by atoms with Gasteiger partial charge in [-0.3, -0.25) is 9.59 Å². The van der Waals surface area contributed by atoms with Gasteiger partial charge in [0.25, 0.3) is 0 Å². The molecule has 5 heteroatoms. The standard InChI is InChI=1S/C18H17NO2S2/c1-12-7-8-15(13(2)9-12)23-16-6-4-3-5-14(16)19-17(20)10-22-11-18(19)21/h3-9H,10-11H2,1-2H3. The molecule has 2 amide bonds. The lowest BCUT2D eigenvalue weighted by molar-refractivity contribution is -0.124. The number of hydrogen-bond donors (Lipinski definition) is 0. The third-order valence-corrected chi connectivity index (χ3v) is 5.75. The highest BCUT2D eigenvalue weighted by Crippen LogP contribution is 2.38. The van der Waals surface area contributed by atoms with Crippen molar-refractivity contribution in [3.63, 3.8) is 0 Å². The number of hydrogen-bond acceptors (Lipinski definition) is 4. The van der Waals surface area contributed by atoms with Gasteiger partial charge in [0.1, 0.15) is 0 Å². The van der Waals surface area contributed by atoms with E-state index in [9.17, 15) is 9.59 Å². The monoisotopic (exact) mass is 343 g/mol. The predicted octanol–water partition coefficient (Wildman–Crippen LogP) is 4.06. The van der Waals surface area contributed by atoms with Crippen molar-refractivity contribution in [3.05, 3.63) is 53.6 Å². The van der Waals surface area contributed by atoms with E-state index in [1.54, 1.807) is 11.8 Å². The number of rotatable bonds is 3. The maximum absolute atomic E-state index is 12.2. The third-order valence-electron chi connectivity index (χ3n) is 3.61. The summed E-state index contributed by atoms with van der Waals surface area (Å²) in [4.78, 5) is 27.8. The molecule has 0 spiro atoms. The molecule has 0 bridgehead atoms. The van der Waals surface area contributed by atoms with E-state index < -0.39 is 0 Å². The Hall–Kier alpha value is -1.72. The van der Waals surface area contributed by atoms with E-state index in [1.807, 2.05) is 24.3 Å². The second-order valence-corrected chi connectivity index (χ2v) is 7.52. The second kappa shape index (κ2) is 6.81. The summed E-state index contributed by atoms with van der Waals surface area (Å²) in [6.45, 7) is 4.14. The Kier molecular flexibility index (Phi) is 4.78. The highest BCUT2D eigenvalue weighted by Gasteiger charge is 2.29. The van der Waals surface area contributed by atoms with Crippen LogP contribution in [0.1, 0.15) is 11.1 Å². The fraction of sp³-hybridized carbons (Fsp3) is 0.222. The molecular weight excluding hydrogens is 326 g/mol. The van der Waals surface area contributed by atoms with Gasteiger partial charge in [-0.15, -0.1) is 11.8 Å². The van der Waals surface area contributed by atoms with Crippen molar-refractivity contribution in [2.24, 2.45) is 0 Å². The van der Waals surface area contributed by atoms with Crippen LogP contribution in [-0.4, -0.2) is 23.3 Å². The molecule has 2 aromatic carbocycles. The largest absolute Gasteiger partial charge is 0.273 e. The number of amides is 2. The first-order valence-corrected chi connectivity index (χ1v) is 9.31. The van der Waals surface area contributed by atoms with Crippen molar-refractivity contribution in [2.75, 3.05) is 16.4 Å². The van der Waals surface area contributed by atoms with Crippen LogP contribution in [0.3, 0.4) is 0 Å². The Morgan fingerprint density at radius 3 is 2.35 bits per heavy atom. The summed E-state index contributed by atoms with van der Waals surface area (Å²) in [7, 11) is 0. The maximum Gasteiger partial charge on any atom is 0.243 e. The molecule has 1 heterocycles. The van der Waals surface area contributed by atoms with Crippen molar-refractivity contribution in [2.45, 2.75) is 23.6 Å². The zero-order valence-corrected chi connectivity index (χ0v) is 14.7. The van der Waals surface area contributed by atoms with E-state index in [0.29, 0.717) is 17.2 Å². The summed E-state index contributed by atoms with van der Waals surface area (Å²) in [6.07, 6.45) is 0. The normalized spacial score (nSPS) is 15.1. The highest BCUT2D eigenvalue weighted by molar-refractivity contribution is 8.00. The van der Waals surface area contributed by atoms with Crippen LogP contribution in [0.2, 0.25) is 0 Å². The molecule has 23 heavy (non-hydrogen) atoms. The molecule has 2 aromatic rings. The second-order valence-electron chi connectivity index (χ2n) is 5.45. The van der Waals surface area contributed by atoms with Crippen LogP contribution in [0.25, 0.3) is 0 Å². The van der Waals surface area contributed by atoms with Crippen molar-refractivity contribution >= 4 is 41.0 Å². The molecule has 0 N–H and O–H groups in total. The van der Waals surface area contributed by atoms with Crippen LogP contribution < -0.4 is 4.90 Å². The number of benzene rings is 2. The highest BCUT2D eigenvalue weighted by atomic mass is 32.2. The smallest absolute Gasteiger partial charge is 0.243 e. The summed E-state index contributed by atoms with van der Waals surface area (Å²) in [5, 5.41) is 0. The molecule has 0 saturated carbocycles. The summed E-state index contributed by atoms with van der Waals surface area (Å²) in [5.74, 6) is 0.433. The lowest BCUT2D eigenvalue weighted by Gasteiger charge is -2.26. The van der Waals surface area contributed by atoms with Crippen molar-refractivity contribution in [1.82, 2.24) is 0 Å². The average molecular weight is 343 g/mol. The lowest BCUT2D eigenvalue weighted by Crippen LogP contribution is -2.43. The third kappa shape index (κ3) is 3.46. The molecule has 0 aromatic heterocycles. The van der Waals surface area contributed by atoms with Gasteiger partial charge in [0.15, 0.2) is 0 Å². The molecule has 0 unspecified atom stereocenters. The molecule has 3 rings (SSSR count). The summed E-state index contributed by atoms with van der Waals surface area (Å²) >= 11 is 2.97. The van der Waals surface area contributed by atoms with E-state index in [2.05, 4.69) is 32.0 Å². The first kappa shape index (κ1) is 16.1. The number of aryl methyl sites for hydroxylation is 2. The first-order chi connectivity index (χ1) is 11.1. The van der Waals surface area contributed by atoms with E-state index in [4.69, 9.17) is 0 Å². The zero-order chi connectivity index (χ0) is 16.4. The minimum Gasteiger partial charge on any atom is -0.273 e. The van der Waals surface area contributed by atoms with Gasteiger partial charge >= 0.3 is 0 Å². The molecule has 0 aliphatic carbocycles. The molecule has 1 aliphatic rings. The number of imide groups is 1. The molecule has 1 fully saturated rings. The number of thioether (sulfide) groups is 1. The summed E-state index contributed by atoms with van der Waals surface area (Å²) in [5.41, 5.74) is 3.10. The summed E-state index contributed by atoms with van der Waals surface area (Å²) in [6, 6.07) is 13.9. The topological polar surface area (TPSA) is 37.4 Å². The minimum absolute atomic E-state index is 0.139. The van der Waals surface area contributed by atoms with Gasteiger partial charge in [0.2, 0.25) is 11.8 Å². The van der Waals surface area contributed by atoms with Crippen LogP contribution in [0.4, 0.5) is 5.69 Å². The fourth-order valence-corrected chi connectivity index (χ4v) is 4.24. The lowest BCUT2D eigenvalue weighted by atomic mass is 10.2. The van der Waals surface area contributed by atoms with Crippen LogP contribution in [0, 0.1) is 13.8 Å². The average Bonchev–Trinajstić information content (AvgIpc) is 2.51. The van der Waals surface area contributed by atoms with Gasteiger partial charge in [-0.2, -0.15) is 0 Å². The molecule has 0 radical (unpaired) electrons. The molecule has 1 saturated heterocycles. The number of carbonyl (C=O) groups excluding carboxylic acids is 2. The molecule has 0 atom stereocenters. The predicted molar refractivity (Wildman–Crippen MR) is 96.3 cm³/mol. The van der Waals surface area contributed by atoms with Crippen molar-refractivity contribution in [3.8, 4) is 0 Å². The van der Waals surface area contributed by atoms with Gasteiger partial charge in [0.05, 0.1) is 17.2 Å². The SMILES string of the molecule is Cc1ccc(Sc2ccccc2N2C(=O)CSCC2=O)c(C)c1. The fourth-order valence-electron chi connectivity index (χ4n) is 2.52. The quantitative estimate of drug-likeness (QED) is 0.788. The minimum atomic E-state index is -0.139. The van der Waals surface area contributed by atoms with Gasteiger partial charge < -0.3 is 0 Å². The Balaban J connectivity index is 1.97. The van der Waals surface area contributed by atoms with Crippen LogP contribution in [0.5, 0.6) is 0 Å². The number of carbonyl (C=O) groups is 2. The van der Waals surface area contributed by atoms with Gasteiger partial charge in [-0.1, -0.05) is 41.6 Å². The maximum atomic E-state index is 12.2. The van der Waals surface area contributed by atoms with Crippen LogP contribution in [0.15, 0.2) is 52.3 Å². The Labute approximate surface area is 144 Å². The van der Waals surface area contributed by atoms with E-state index in [1.165, 1.54) is 27.8 Å². The van der Waals surface area contributed by atoms with Crippen LogP contribution >= 0.6 is 23.5 Å². The van der Waals surface area contributed by atoms with Crippen molar-refractivity contribution < 1.29 is 9.59 Å². The van der Waals surface area contributed by atoms with Gasteiger partial charge in [-0.05, 0) is 37.6 Å². The van der Waals surface area contributed by atoms with Crippen LogP contribution in [-0.2, 0) is 9.59 Å². The number of nitrogens with zero attached hydrogens (tertiary/aromatic N) is 1. The van der Waals surface area contributed by atoms with E-state index in [0.717, 1.165) is 9.79 Å². The molecule has 118 valence electrons. The first-order valence-electron chi connectivity index (χ1n) is 7.34. The summed E-state index contributed by atoms with van der Waals surface area (Å²) < 4.78 is 0. The van der Waals surface area contributed by atoms with Gasteiger partial charge in [0, 0.05) is 9.79 Å². The zero-order valence-electron chi connectivity index (χ0n) is 13.0. The Bertz CT molecular complexity index is 757. The molecule has 3 nitrogen and oxygen atoms in total. The Morgan fingerprint density at radius 1 is 0.957 bits per heavy atom. The van der Waals surface area contributed by atoms with Gasteiger partial charge in [-0.25, -0.2) is 4.90 Å². The van der Waals surface area contributed by atoms with E-state index >= 15 is 0 Å². The Morgan fingerprint density at radius 2 is 1.65 bits per heavy atom. The van der Waals surface area contributed by atoms with Crippen molar-refractivity contribution in [1.29, 1.82) is 0 Å². The molecular formula is C18H17NO2S2. The number of para-hydroxylation sites is 1. The number of anilines is 1. The van der Waals surface area contributed by atoms with E-state index in [-0.39, 0.29) is 11.8 Å². The molecule has 1 aliphatic heterocycles.